The Kier molecular flexibility index (Phi) is 6.67. The van der Waals surface area contributed by atoms with Gasteiger partial charge in [-0.05, 0) is 61.5 Å². The second-order valence-corrected chi connectivity index (χ2v) is 6.06. The average Bonchev–Trinajstić information content (AvgIpc) is 2.55. The molecule has 0 radical (unpaired) electrons. The Hall–Kier alpha value is -1.60. The Morgan fingerprint density at radius 2 is 1.64 bits per heavy atom. The highest BCUT2D eigenvalue weighted by molar-refractivity contribution is 7.80. The second kappa shape index (κ2) is 8.75. The number of benzene rings is 1. The summed E-state index contributed by atoms with van der Waals surface area (Å²) >= 11 is 10.5. The van der Waals surface area contributed by atoms with Crippen LogP contribution in [0.2, 0.25) is 0 Å². The van der Waals surface area contributed by atoms with E-state index in [2.05, 4.69) is 21.5 Å². The molecule has 1 aromatic rings. The van der Waals surface area contributed by atoms with Crippen LogP contribution in [0.4, 0.5) is 5.69 Å². The summed E-state index contributed by atoms with van der Waals surface area (Å²) in [6.45, 7) is 0. The van der Waals surface area contributed by atoms with Crippen molar-refractivity contribution in [2.45, 2.75) is 38.1 Å². The molecule has 0 amide bonds. The van der Waals surface area contributed by atoms with E-state index in [-0.39, 0.29) is 0 Å². The molecule has 0 unspecified atom stereocenters. The van der Waals surface area contributed by atoms with Gasteiger partial charge in [-0.25, -0.2) is 0 Å². The molecule has 7 heteroatoms. The van der Waals surface area contributed by atoms with Crippen molar-refractivity contribution in [3.8, 4) is 5.75 Å². The molecular formula is C15H22N4OS2. The summed E-state index contributed by atoms with van der Waals surface area (Å²) in [6, 6.07) is 8.00. The minimum Gasteiger partial charge on any atom is -0.497 e. The second-order valence-electron chi connectivity index (χ2n) is 5.24. The molecule has 0 saturated heterocycles. The van der Waals surface area contributed by atoms with Crippen LogP contribution in [0.3, 0.4) is 0 Å². The molecule has 0 spiro atoms. The highest BCUT2D eigenvalue weighted by atomic mass is 32.1. The normalized spacial score (nSPS) is 14.8. The van der Waals surface area contributed by atoms with E-state index >= 15 is 0 Å². The van der Waals surface area contributed by atoms with Gasteiger partial charge < -0.3 is 15.4 Å². The first kappa shape index (κ1) is 16.8. The molecule has 22 heavy (non-hydrogen) atoms. The lowest BCUT2D eigenvalue weighted by Crippen LogP contribution is -2.51. The molecule has 4 N–H and O–H groups in total. The zero-order valence-corrected chi connectivity index (χ0v) is 14.3. The number of hydrogen-bond donors (Lipinski definition) is 4. The zero-order valence-electron chi connectivity index (χ0n) is 12.6. The van der Waals surface area contributed by atoms with Gasteiger partial charge >= 0.3 is 0 Å². The van der Waals surface area contributed by atoms with Crippen LogP contribution in [-0.4, -0.2) is 23.4 Å². The van der Waals surface area contributed by atoms with Gasteiger partial charge in [0.1, 0.15) is 5.75 Å². The Bertz CT molecular complexity index is 501. The van der Waals surface area contributed by atoms with Gasteiger partial charge in [-0.15, -0.1) is 0 Å². The summed E-state index contributed by atoms with van der Waals surface area (Å²) in [4.78, 5) is 0. The van der Waals surface area contributed by atoms with Crippen molar-refractivity contribution >= 4 is 40.3 Å². The molecule has 0 bridgehead atoms. The van der Waals surface area contributed by atoms with E-state index in [4.69, 9.17) is 29.2 Å². The Morgan fingerprint density at radius 1 is 1.00 bits per heavy atom. The number of thiocarbonyl (C=S) groups is 2. The molecule has 120 valence electrons. The molecule has 2 rings (SSSR count). The molecule has 0 aliphatic heterocycles. The van der Waals surface area contributed by atoms with E-state index in [0.717, 1.165) is 11.4 Å². The standard InChI is InChI=1S/C15H22N4OS2/c1-20-13-9-7-12(8-10-13)17-15(22)19-18-14(21)16-11-5-3-2-4-6-11/h7-11H,2-6H2,1H3,(H2,16,18,21)(H2,17,19,22). The zero-order chi connectivity index (χ0) is 15.8. The first-order valence-electron chi connectivity index (χ1n) is 7.45. The van der Waals surface area contributed by atoms with Crippen LogP contribution < -0.4 is 26.2 Å². The van der Waals surface area contributed by atoms with Gasteiger partial charge in [0.25, 0.3) is 0 Å². The SMILES string of the molecule is COc1ccc(NC(=S)NNC(=S)NC2CCCCC2)cc1. The minimum absolute atomic E-state index is 0.456. The van der Waals surface area contributed by atoms with E-state index in [1.54, 1.807) is 7.11 Å². The maximum atomic E-state index is 5.26. The molecular weight excluding hydrogens is 316 g/mol. The molecule has 5 nitrogen and oxygen atoms in total. The van der Waals surface area contributed by atoms with Crippen LogP contribution >= 0.6 is 24.4 Å². The highest BCUT2D eigenvalue weighted by Crippen LogP contribution is 2.17. The Labute approximate surface area is 142 Å². The fraction of sp³-hybridized carbons (Fsp3) is 0.467. The molecule has 1 aliphatic carbocycles. The lowest BCUT2D eigenvalue weighted by molar-refractivity contribution is 0.411. The third kappa shape index (κ3) is 5.65. The minimum atomic E-state index is 0.456. The van der Waals surface area contributed by atoms with Crippen molar-refractivity contribution in [1.82, 2.24) is 16.2 Å². The number of hydrazine groups is 1. The smallest absolute Gasteiger partial charge is 0.189 e. The number of rotatable bonds is 3. The first-order valence-corrected chi connectivity index (χ1v) is 8.26. The summed E-state index contributed by atoms with van der Waals surface area (Å²) in [5.74, 6) is 0.806. The van der Waals surface area contributed by atoms with Crippen molar-refractivity contribution in [1.29, 1.82) is 0 Å². The first-order chi connectivity index (χ1) is 10.7. The van der Waals surface area contributed by atoms with Gasteiger partial charge in [-0.1, -0.05) is 19.3 Å². The third-order valence-corrected chi connectivity index (χ3v) is 4.00. The monoisotopic (exact) mass is 338 g/mol. The van der Waals surface area contributed by atoms with Crippen molar-refractivity contribution in [2.75, 3.05) is 12.4 Å². The van der Waals surface area contributed by atoms with Crippen LogP contribution in [0.25, 0.3) is 0 Å². The number of hydrogen-bond acceptors (Lipinski definition) is 3. The summed E-state index contributed by atoms with van der Waals surface area (Å²) in [5.41, 5.74) is 6.68. The molecule has 0 aromatic heterocycles. The van der Waals surface area contributed by atoms with Gasteiger partial charge in [0.15, 0.2) is 10.2 Å². The van der Waals surface area contributed by atoms with Crippen molar-refractivity contribution in [3.63, 3.8) is 0 Å². The predicted molar refractivity (Wildman–Crippen MR) is 98.1 cm³/mol. The average molecular weight is 339 g/mol. The molecule has 1 aliphatic rings. The van der Waals surface area contributed by atoms with Crippen LogP contribution in [0, 0.1) is 0 Å². The molecule has 0 heterocycles. The summed E-state index contributed by atoms with van der Waals surface area (Å²) < 4.78 is 5.11. The van der Waals surface area contributed by atoms with Crippen molar-refractivity contribution in [3.05, 3.63) is 24.3 Å². The summed E-state index contributed by atoms with van der Waals surface area (Å²) in [6.07, 6.45) is 6.22. The Balaban J connectivity index is 1.68. The van der Waals surface area contributed by atoms with E-state index in [1.807, 2.05) is 24.3 Å². The fourth-order valence-electron chi connectivity index (χ4n) is 2.42. The van der Waals surface area contributed by atoms with Crippen molar-refractivity contribution < 1.29 is 4.74 Å². The van der Waals surface area contributed by atoms with Crippen LogP contribution in [0.5, 0.6) is 5.75 Å². The molecule has 0 atom stereocenters. The topological polar surface area (TPSA) is 57.4 Å². The summed E-state index contributed by atoms with van der Waals surface area (Å²) in [7, 11) is 1.64. The Morgan fingerprint density at radius 3 is 2.27 bits per heavy atom. The molecule has 1 saturated carbocycles. The van der Waals surface area contributed by atoms with E-state index in [0.29, 0.717) is 16.3 Å². The van der Waals surface area contributed by atoms with Crippen LogP contribution in [-0.2, 0) is 0 Å². The lowest BCUT2D eigenvalue weighted by Gasteiger charge is -2.24. The van der Waals surface area contributed by atoms with Gasteiger partial charge in [0.2, 0.25) is 0 Å². The number of ether oxygens (including phenoxy) is 1. The fourth-order valence-corrected chi connectivity index (χ4v) is 2.81. The van der Waals surface area contributed by atoms with Gasteiger partial charge in [-0.2, -0.15) is 0 Å². The van der Waals surface area contributed by atoms with Crippen LogP contribution in [0.1, 0.15) is 32.1 Å². The number of anilines is 1. The van der Waals surface area contributed by atoms with E-state index < -0.39 is 0 Å². The van der Waals surface area contributed by atoms with Gasteiger partial charge in [0.05, 0.1) is 7.11 Å². The lowest BCUT2D eigenvalue weighted by atomic mass is 9.96. The van der Waals surface area contributed by atoms with Crippen molar-refractivity contribution in [2.24, 2.45) is 0 Å². The maximum absolute atomic E-state index is 5.26. The van der Waals surface area contributed by atoms with E-state index in [9.17, 15) is 0 Å². The predicted octanol–water partition coefficient (Wildman–Crippen LogP) is 2.69. The quantitative estimate of drug-likeness (QED) is 0.499. The number of nitrogens with one attached hydrogen (secondary N) is 4. The maximum Gasteiger partial charge on any atom is 0.189 e. The largest absolute Gasteiger partial charge is 0.497 e. The third-order valence-electron chi connectivity index (χ3n) is 3.58. The molecule has 1 fully saturated rings. The molecule has 1 aromatic carbocycles. The highest BCUT2D eigenvalue weighted by Gasteiger charge is 2.13. The number of methoxy groups -OCH3 is 1. The summed E-state index contributed by atoms with van der Waals surface area (Å²) in [5, 5.41) is 7.41. The van der Waals surface area contributed by atoms with E-state index in [1.165, 1.54) is 32.1 Å². The van der Waals surface area contributed by atoms with Gasteiger partial charge in [0, 0.05) is 11.7 Å². The van der Waals surface area contributed by atoms with Crippen LogP contribution in [0.15, 0.2) is 24.3 Å². The van der Waals surface area contributed by atoms with Gasteiger partial charge in [-0.3, -0.25) is 10.9 Å².